The molecule has 0 saturated heterocycles. The van der Waals surface area contributed by atoms with Crippen LogP contribution in [0.15, 0.2) is 60.7 Å². The first kappa shape index (κ1) is 22.9. The smallest absolute Gasteiger partial charge is 0.344 e. The second-order valence-corrected chi connectivity index (χ2v) is 6.39. The maximum atomic E-state index is 13.2. The first-order valence-electron chi connectivity index (χ1n) is 10.4. The van der Waals surface area contributed by atoms with Gasteiger partial charge in [-0.05, 0) is 49.2 Å². The number of fused-ring (bicyclic) bond motifs is 2. The fourth-order valence-electron chi connectivity index (χ4n) is 3.35. The number of carbonyl (C=O) groups is 1. The minimum atomic E-state index is -0.393. The van der Waals surface area contributed by atoms with Gasteiger partial charge >= 0.3 is 5.97 Å². The van der Waals surface area contributed by atoms with Crippen molar-refractivity contribution in [2.45, 2.75) is 41.5 Å². The van der Waals surface area contributed by atoms with E-state index in [1.54, 1.807) is 12.1 Å². The van der Waals surface area contributed by atoms with E-state index in [4.69, 9.17) is 10.5 Å². The van der Waals surface area contributed by atoms with E-state index in [-0.39, 0.29) is 0 Å². The van der Waals surface area contributed by atoms with E-state index < -0.39 is 5.97 Å². The largest absolute Gasteiger partial charge is 0.422 e. The first-order valence-corrected chi connectivity index (χ1v) is 10.4. The molecule has 1 heterocycles. The summed E-state index contributed by atoms with van der Waals surface area (Å²) >= 11 is 0. The van der Waals surface area contributed by atoms with Crippen molar-refractivity contribution in [2.75, 3.05) is 5.73 Å². The minimum absolute atomic E-state index is 0.393. The van der Waals surface area contributed by atoms with Gasteiger partial charge in [0.1, 0.15) is 5.75 Å². The van der Waals surface area contributed by atoms with Crippen LogP contribution >= 0.6 is 0 Å². The monoisotopic (exact) mass is 402 g/mol. The Balaban J connectivity index is 0.000000757. The average Bonchev–Trinajstić information content (AvgIpc) is 2.77. The Morgan fingerprint density at radius 2 is 1.23 bits per heavy atom. The molecule has 0 radical (unpaired) electrons. The van der Waals surface area contributed by atoms with Crippen LogP contribution in [0.25, 0.3) is 21.8 Å². The number of anilines is 1. The number of esters is 1. The molecular weight excluding hydrogens is 372 g/mol. The van der Waals surface area contributed by atoms with Crippen molar-refractivity contribution in [1.29, 1.82) is 0 Å². The summed E-state index contributed by atoms with van der Waals surface area (Å²) in [6.45, 7) is 11.8. The number of nitrogens with zero attached hydrogens (tertiary/aromatic N) is 1. The summed E-state index contributed by atoms with van der Waals surface area (Å²) in [5.41, 5.74) is 10.3. The van der Waals surface area contributed by atoms with E-state index in [1.165, 1.54) is 0 Å². The van der Waals surface area contributed by atoms with E-state index in [0.29, 0.717) is 17.0 Å². The van der Waals surface area contributed by atoms with Gasteiger partial charge in [-0.3, -0.25) is 0 Å². The molecule has 0 fully saturated rings. The van der Waals surface area contributed by atoms with Gasteiger partial charge in [0, 0.05) is 16.5 Å². The Morgan fingerprint density at radius 1 is 0.800 bits per heavy atom. The number of hydrogen-bond donors (Lipinski definition) is 1. The molecule has 0 spiro atoms. The lowest BCUT2D eigenvalue weighted by Crippen LogP contribution is -2.12. The van der Waals surface area contributed by atoms with Gasteiger partial charge in [-0.15, -0.1) is 0 Å². The summed E-state index contributed by atoms with van der Waals surface area (Å²) in [6, 6.07) is 18.8. The lowest BCUT2D eigenvalue weighted by molar-refractivity contribution is 0.0736. The zero-order valence-electron chi connectivity index (χ0n) is 18.6. The van der Waals surface area contributed by atoms with Crippen LogP contribution in [0.1, 0.15) is 49.2 Å². The molecule has 30 heavy (non-hydrogen) atoms. The summed E-state index contributed by atoms with van der Waals surface area (Å²) < 4.78 is 5.81. The van der Waals surface area contributed by atoms with Crippen LogP contribution in [0.5, 0.6) is 5.75 Å². The van der Waals surface area contributed by atoms with Crippen LogP contribution in [0, 0.1) is 13.8 Å². The highest BCUT2D eigenvalue weighted by molar-refractivity contribution is 6.14. The minimum Gasteiger partial charge on any atom is -0.422 e. The maximum Gasteiger partial charge on any atom is 0.344 e. The third-order valence-electron chi connectivity index (χ3n) is 4.47. The number of para-hydroxylation sites is 2. The number of aromatic nitrogens is 1. The summed E-state index contributed by atoms with van der Waals surface area (Å²) in [6.07, 6.45) is 0. The van der Waals surface area contributed by atoms with E-state index in [0.717, 1.165) is 32.9 Å². The average molecular weight is 403 g/mol. The van der Waals surface area contributed by atoms with Crippen molar-refractivity contribution in [1.82, 2.24) is 4.98 Å². The zero-order valence-corrected chi connectivity index (χ0v) is 18.6. The Bertz CT molecular complexity index is 1090. The number of benzene rings is 3. The van der Waals surface area contributed by atoms with Gasteiger partial charge in [0.25, 0.3) is 0 Å². The van der Waals surface area contributed by atoms with E-state index in [9.17, 15) is 4.79 Å². The van der Waals surface area contributed by atoms with Crippen molar-refractivity contribution in [3.63, 3.8) is 0 Å². The number of nitrogen functional groups attached to an aromatic ring is 1. The molecule has 4 nitrogen and oxygen atoms in total. The van der Waals surface area contributed by atoms with Gasteiger partial charge in [-0.1, -0.05) is 64.1 Å². The molecule has 1 aromatic heterocycles. The molecule has 0 saturated carbocycles. The molecule has 4 aromatic rings. The molecule has 0 aliphatic heterocycles. The van der Waals surface area contributed by atoms with Crippen LogP contribution in [-0.2, 0) is 0 Å². The molecule has 156 valence electrons. The van der Waals surface area contributed by atoms with Gasteiger partial charge in [0.2, 0.25) is 0 Å². The summed E-state index contributed by atoms with van der Waals surface area (Å²) in [5, 5.41) is 1.56. The highest BCUT2D eigenvalue weighted by atomic mass is 16.5. The van der Waals surface area contributed by atoms with Crippen molar-refractivity contribution in [2.24, 2.45) is 0 Å². The molecule has 0 aliphatic carbocycles. The molecule has 3 aromatic carbocycles. The SMILES string of the molecule is CC.CC.Cc1cc(N)cc(C)c1OC(=O)c1c2ccccc2nc2ccccc12. The predicted octanol–water partition coefficient (Wildman–Crippen LogP) is 6.86. The standard InChI is InChI=1S/C22H18N2O2.2C2H6/c1-13-11-15(23)12-14(2)21(13)26-22(25)20-16-7-3-5-9-18(16)24-19-10-6-4-8-17(19)20;2*1-2/h3-12H,23H2,1-2H3;2*1-2H3. The third-order valence-corrected chi connectivity index (χ3v) is 4.47. The topological polar surface area (TPSA) is 65.2 Å². The fourth-order valence-corrected chi connectivity index (χ4v) is 3.35. The molecule has 4 heteroatoms. The summed E-state index contributed by atoms with van der Waals surface area (Å²) in [7, 11) is 0. The molecule has 2 N–H and O–H groups in total. The summed E-state index contributed by atoms with van der Waals surface area (Å²) in [4.78, 5) is 17.8. The lowest BCUT2D eigenvalue weighted by Gasteiger charge is -2.14. The number of nitrogens with two attached hydrogens (primary N) is 1. The Hall–Kier alpha value is -3.40. The molecular formula is C26H30N2O2. The highest BCUT2D eigenvalue weighted by Gasteiger charge is 2.19. The third kappa shape index (κ3) is 4.60. The number of hydrogen-bond acceptors (Lipinski definition) is 4. The van der Waals surface area contributed by atoms with Crippen LogP contribution in [0.2, 0.25) is 0 Å². The first-order chi connectivity index (χ1) is 14.5. The van der Waals surface area contributed by atoms with Crippen LogP contribution in [-0.4, -0.2) is 11.0 Å². The van der Waals surface area contributed by atoms with E-state index in [1.807, 2.05) is 90.1 Å². The van der Waals surface area contributed by atoms with Crippen molar-refractivity contribution in [3.8, 4) is 5.75 Å². The highest BCUT2D eigenvalue weighted by Crippen LogP contribution is 2.30. The van der Waals surface area contributed by atoms with Gasteiger partial charge in [0.15, 0.2) is 0 Å². The fraction of sp³-hybridized carbons (Fsp3) is 0.231. The molecule has 0 bridgehead atoms. The number of rotatable bonds is 2. The predicted molar refractivity (Wildman–Crippen MR) is 127 cm³/mol. The van der Waals surface area contributed by atoms with Crippen LogP contribution in [0.4, 0.5) is 5.69 Å². The normalized spacial score (nSPS) is 9.93. The van der Waals surface area contributed by atoms with E-state index in [2.05, 4.69) is 4.98 Å². The van der Waals surface area contributed by atoms with Crippen LogP contribution in [0.3, 0.4) is 0 Å². The molecule has 0 amide bonds. The van der Waals surface area contributed by atoms with Gasteiger partial charge in [-0.2, -0.15) is 0 Å². The molecule has 0 unspecified atom stereocenters. The Kier molecular flexibility index (Phi) is 7.93. The van der Waals surface area contributed by atoms with Gasteiger partial charge in [0.05, 0.1) is 16.6 Å². The Labute approximate surface area is 178 Å². The van der Waals surface area contributed by atoms with Gasteiger partial charge in [-0.25, -0.2) is 9.78 Å². The number of pyridine rings is 1. The van der Waals surface area contributed by atoms with Crippen molar-refractivity contribution < 1.29 is 9.53 Å². The number of ether oxygens (including phenoxy) is 1. The number of aryl methyl sites for hydroxylation is 2. The van der Waals surface area contributed by atoms with E-state index >= 15 is 0 Å². The Morgan fingerprint density at radius 3 is 1.70 bits per heavy atom. The summed E-state index contributed by atoms with van der Waals surface area (Å²) in [5.74, 6) is 0.157. The molecule has 0 aliphatic rings. The lowest BCUT2D eigenvalue weighted by atomic mass is 10.0. The van der Waals surface area contributed by atoms with Crippen molar-refractivity contribution >= 4 is 33.5 Å². The maximum absolute atomic E-state index is 13.2. The molecule has 4 rings (SSSR count). The number of carbonyl (C=O) groups excluding carboxylic acids is 1. The quantitative estimate of drug-likeness (QED) is 0.172. The zero-order chi connectivity index (χ0) is 22.3. The van der Waals surface area contributed by atoms with Gasteiger partial charge < -0.3 is 10.5 Å². The van der Waals surface area contributed by atoms with Crippen LogP contribution < -0.4 is 10.5 Å². The second kappa shape index (κ2) is 10.4. The van der Waals surface area contributed by atoms with Crippen molar-refractivity contribution in [3.05, 3.63) is 77.4 Å². The second-order valence-electron chi connectivity index (χ2n) is 6.39. The molecule has 0 atom stereocenters.